The summed E-state index contributed by atoms with van der Waals surface area (Å²) < 4.78 is 27.1. The van der Waals surface area contributed by atoms with E-state index in [0.717, 1.165) is 25.6 Å². The van der Waals surface area contributed by atoms with Gasteiger partial charge in [0.25, 0.3) is 5.69 Å². The van der Waals surface area contributed by atoms with Crippen LogP contribution in [-0.4, -0.2) is 67.9 Å². The van der Waals surface area contributed by atoms with Crippen molar-refractivity contribution in [1.29, 1.82) is 0 Å². The Kier molecular flexibility index (Phi) is 5.31. The first-order valence-corrected chi connectivity index (χ1v) is 10.0. The highest BCUT2D eigenvalue weighted by molar-refractivity contribution is 7.89. The second kappa shape index (κ2) is 7.16. The lowest BCUT2D eigenvalue weighted by Gasteiger charge is -2.37. The van der Waals surface area contributed by atoms with Gasteiger partial charge in [-0.25, -0.2) is 8.42 Å². The Balaban J connectivity index is 1.79. The van der Waals surface area contributed by atoms with E-state index < -0.39 is 14.9 Å². The van der Waals surface area contributed by atoms with Crippen LogP contribution in [0.3, 0.4) is 0 Å². The van der Waals surface area contributed by atoms with Crippen LogP contribution in [0.4, 0.5) is 5.69 Å². The molecule has 25 heavy (non-hydrogen) atoms. The number of piperazine rings is 1. The maximum absolute atomic E-state index is 12.9. The van der Waals surface area contributed by atoms with Crippen LogP contribution < -0.4 is 5.32 Å². The molecule has 1 atom stereocenters. The van der Waals surface area contributed by atoms with Gasteiger partial charge < -0.3 is 5.32 Å². The minimum absolute atomic E-state index is 0.0865. The molecule has 0 saturated carbocycles. The normalized spacial score (nSPS) is 23.0. The zero-order valence-corrected chi connectivity index (χ0v) is 15.5. The Bertz CT molecular complexity index is 772. The Labute approximate surface area is 151 Å². The van der Waals surface area contributed by atoms with Crippen LogP contribution in [0.15, 0.2) is 17.0 Å². The first-order valence-electron chi connectivity index (χ1n) is 8.20. The van der Waals surface area contributed by atoms with Crippen LogP contribution in [0.2, 0.25) is 5.02 Å². The Hall–Kier alpha value is -1.26. The maximum Gasteiger partial charge on any atom is 0.275 e. The number of hydrogen-bond donors (Lipinski definition) is 1. The lowest BCUT2D eigenvalue weighted by Crippen LogP contribution is -2.52. The fraction of sp³-hybridized carbons (Fsp3) is 0.600. The van der Waals surface area contributed by atoms with Crippen LogP contribution in [0.5, 0.6) is 0 Å². The summed E-state index contributed by atoms with van der Waals surface area (Å²) in [5, 5.41) is 14.5. The van der Waals surface area contributed by atoms with Crippen molar-refractivity contribution in [3.8, 4) is 0 Å². The third-order valence-electron chi connectivity index (χ3n) is 4.95. The van der Waals surface area contributed by atoms with Gasteiger partial charge in [0.05, 0.1) is 14.8 Å². The molecular weight excluding hydrogens is 368 g/mol. The molecule has 2 heterocycles. The molecule has 0 radical (unpaired) electrons. The molecule has 0 aromatic heterocycles. The Morgan fingerprint density at radius 1 is 1.28 bits per heavy atom. The first-order chi connectivity index (χ1) is 11.8. The second-order valence-corrected chi connectivity index (χ2v) is 8.74. The van der Waals surface area contributed by atoms with E-state index in [0.29, 0.717) is 32.2 Å². The number of halogens is 1. The highest BCUT2D eigenvalue weighted by atomic mass is 35.5. The van der Waals surface area contributed by atoms with Gasteiger partial charge >= 0.3 is 0 Å². The average molecular weight is 389 g/mol. The monoisotopic (exact) mass is 388 g/mol. The van der Waals surface area contributed by atoms with Crippen LogP contribution >= 0.6 is 11.6 Å². The van der Waals surface area contributed by atoms with Crippen molar-refractivity contribution >= 4 is 27.3 Å². The summed E-state index contributed by atoms with van der Waals surface area (Å²) in [5.41, 5.74) is -0.00842. The quantitative estimate of drug-likeness (QED) is 0.615. The summed E-state index contributed by atoms with van der Waals surface area (Å²) in [5.74, 6) is 0. The molecule has 1 aromatic rings. The average Bonchev–Trinajstić information content (AvgIpc) is 3.11. The maximum atomic E-state index is 12.9. The molecule has 0 bridgehead atoms. The topological polar surface area (TPSA) is 95.8 Å². The summed E-state index contributed by atoms with van der Waals surface area (Å²) >= 11 is 6.01. The molecular formula is C15H21ClN4O4S. The van der Waals surface area contributed by atoms with E-state index in [9.17, 15) is 18.5 Å². The lowest BCUT2D eigenvalue weighted by molar-refractivity contribution is -0.385. The first kappa shape index (κ1) is 18.5. The SMILES string of the molecule is Cc1c(Cl)cc(S(=O)(=O)N2CCN(C3CCNC3)CC2)cc1[N+](=O)[O-]. The van der Waals surface area contributed by atoms with Gasteiger partial charge in [-0.15, -0.1) is 0 Å². The summed E-state index contributed by atoms with van der Waals surface area (Å²) in [4.78, 5) is 12.7. The molecule has 1 N–H and O–H groups in total. The smallest absolute Gasteiger partial charge is 0.275 e. The fourth-order valence-electron chi connectivity index (χ4n) is 3.39. The van der Waals surface area contributed by atoms with E-state index in [1.165, 1.54) is 17.3 Å². The van der Waals surface area contributed by atoms with Crippen molar-refractivity contribution < 1.29 is 13.3 Å². The summed E-state index contributed by atoms with van der Waals surface area (Å²) in [6.45, 7) is 5.50. The molecule has 3 rings (SSSR count). The highest BCUT2D eigenvalue weighted by Gasteiger charge is 2.33. The largest absolute Gasteiger partial charge is 0.315 e. The number of nitro benzene ring substituents is 1. The van der Waals surface area contributed by atoms with E-state index in [2.05, 4.69) is 10.2 Å². The molecule has 2 aliphatic rings. The number of benzene rings is 1. The predicted molar refractivity (Wildman–Crippen MR) is 94.4 cm³/mol. The molecule has 2 saturated heterocycles. The zero-order chi connectivity index (χ0) is 18.2. The molecule has 8 nitrogen and oxygen atoms in total. The number of hydrogen-bond acceptors (Lipinski definition) is 6. The van der Waals surface area contributed by atoms with E-state index in [4.69, 9.17) is 11.6 Å². The van der Waals surface area contributed by atoms with Crippen molar-refractivity contribution in [1.82, 2.24) is 14.5 Å². The number of nitrogens with zero attached hydrogens (tertiary/aromatic N) is 3. The number of sulfonamides is 1. The fourth-order valence-corrected chi connectivity index (χ4v) is 5.14. The summed E-state index contributed by atoms with van der Waals surface area (Å²) in [6.07, 6.45) is 1.08. The van der Waals surface area contributed by atoms with Gasteiger partial charge in [0.1, 0.15) is 0 Å². The van der Waals surface area contributed by atoms with Crippen LogP contribution in [0.1, 0.15) is 12.0 Å². The van der Waals surface area contributed by atoms with Crippen LogP contribution in [0.25, 0.3) is 0 Å². The van der Waals surface area contributed by atoms with Gasteiger partial charge in [-0.05, 0) is 26.0 Å². The van der Waals surface area contributed by atoms with E-state index >= 15 is 0 Å². The molecule has 10 heteroatoms. The third kappa shape index (κ3) is 3.65. The molecule has 2 aliphatic heterocycles. The number of nitrogens with one attached hydrogen (secondary N) is 1. The molecule has 0 spiro atoms. The van der Waals surface area contributed by atoms with Crippen molar-refractivity contribution in [2.75, 3.05) is 39.3 Å². The van der Waals surface area contributed by atoms with Crippen LogP contribution in [0, 0.1) is 17.0 Å². The highest BCUT2D eigenvalue weighted by Crippen LogP contribution is 2.31. The van der Waals surface area contributed by atoms with Crippen molar-refractivity contribution in [3.05, 3.63) is 32.8 Å². The van der Waals surface area contributed by atoms with Crippen LogP contribution in [-0.2, 0) is 10.0 Å². The summed E-state index contributed by atoms with van der Waals surface area (Å²) in [6, 6.07) is 2.86. The number of nitro groups is 1. The van der Waals surface area contributed by atoms with E-state index in [1.54, 1.807) is 0 Å². The standard InChI is InChI=1S/C15H21ClN4O4S/c1-11-14(16)8-13(9-15(11)20(21)22)25(23,24)19-6-4-18(5-7-19)12-2-3-17-10-12/h8-9,12,17H,2-7,10H2,1H3. The molecule has 2 fully saturated rings. The van der Waals surface area contributed by atoms with Gasteiger partial charge in [0.15, 0.2) is 0 Å². The van der Waals surface area contributed by atoms with Gasteiger partial charge in [-0.1, -0.05) is 11.6 Å². The Morgan fingerprint density at radius 2 is 1.96 bits per heavy atom. The van der Waals surface area contributed by atoms with Gasteiger partial charge in [0.2, 0.25) is 10.0 Å². The minimum atomic E-state index is -3.80. The molecule has 0 amide bonds. The minimum Gasteiger partial charge on any atom is -0.315 e. The predicted octanol–water partition coefficient (Wildman–Crippen LogP) is 1.22. The second-order valence-electron chi connectivity index (χ2n) is 6.39. The van der Waals surface area contributed by atoms with Gasteiger partial charge in [-0.2, -0.15) is 4.31 Å². The molecule has 1 aromatic carbocycles. The lowest BCUT2D eigenvalue weighted by atomic mass is 10.2. The van der Waals surface area contributed by atoms with E-state index in [-0.39, 0.29) is 21.2 Å². The van der Waals surface area contributed by atoms with E-state index in [1.807, 2.05) is 0 Å². The molecule has 1 unspecified atom stereocenters. The number of rotatable bonds is 4. The van der Waals surface area contributed by atoms with Crippen molar-refractivity contribution in [2.24, 2.45) is 0 Å². The molecule has 0 aliphatic carbocycles. The Morgan fingerprint density at radius 3 is 2.52 bits per heavy atom. The summed E-state index contributed by atoms with van der Waals surface area (Å²) in [7, 11) is -3.80. The molecule has 138 valence electrons. The van der Waals surface area contributed by atoms with Crippen molar-refractivity contribution in [3.63, 3.8) is 0 Å². The van der Waals surface area contributed by atoms with Gasteiger partial charge in [0, 0.05) is 50.4 Å². The zero-order valence-electron chi connectivity index (χ0n) is 13.9. The third-order valence-corrected chi connectivity index (χ3v) is 7.22. The van der Waals surface area contributed by atoms with Crippen molar-refractivity contribution in [2.45, 2.75) is 24.3 Å². The van der Waals surface area contributed by atoms with Gasteiger partial charge in [-0.3, -0.25) is 15.0 Å².